The fourth-order valence-corrected chi connectivity index (χ4v) is 0.750. The Morgan fingerprint density at radius 3 is 2.45 bits per heavy atom. The predicted molar refractivity (Wildman–Crippen MR) is 44.2 cm³/mol. The summed E-state index contributed by atoms with van der Waals surface area (Å²) in [6, 6.07) is 0.246. The number of hydrogen-bond acceptors (Lipinski definition) is 4. The van der Waals surface area contributed by atoms with E-state index in [1.54, 1.807) is 0 Å². The molecule has 0 saturated carbocycles. The van der Waals surface area contributed by atoms with Gasteiger partial charge in [0.15, 0.2) is 0 Å². The molecule has 11 heavy (non-hydrogen) atoms. The van der Waals surface area contributed by atoms with E-state index in [1.807, 2.05) is 18.9 Å². The molecule has 0 aromatic carbocycles. The van der Waals surface area contributed by atoms with Crippen molar-refractivity contribution in [2.75, 3.05) is 26.7 Å². The molecular formula is C7H18N2O2. The average Bonchev–Trinajstić information content (AvgIpc) is 2.02. The Balaban J connectivity index is 3.58. The predicted octanol–water partition coefficient (Wildman–Crippen LogP) is -1.38. The molecule has 4 N–H and O–H groups in total. The van der Waals surface area contributed by atoms with Crippen molar-refractivity contribution in [2.24, 2.45) is 5.73 Å². The molecule has 4 nitrogen and oxygen atoms in total. The molecule has 0 aromatic rings. The summed E-state index contributed by atoms with van der Waals surface area (Å²) in [5.74, 6) is 0. The van der Waals surface area contributed by atoms with Gasteiger partial charge in [0.25, 0.3) is 0 Å². The molecule has 0 aliphatic rings. The molecule has 2 atom stereocenters. The van der Waals surface area contributed by atoms with Gasteiger partial charge in [-0.1, -0.05) is 0 Å². The van der Waals surface area contributed by atoms with Crippen LogP contribution in [0.5, 0.6) is 0 Å². The summed E-state index contributed by atoms with van der Waals surface area (Å²) in [5.41, 5.74) is 5.40. The molecule has 0 spiro atoms. The van der Waals surface area contributed by atoms with Gasteiger partial charge in [0.1, 0.15) is 0 Å². The maximum absolute atomic E-state index is 9.04. The Kier molecular flexibility index (Phi) is 5.41. The standard InChI is InChI=1S/C7H18N2O2/c1-6(3-8)9(2)4-7(11)5-10/h6-7,10-11H,3-5,8H2,1-2H3. The summed E-state index contributed by atoms with van der Waals surface area (Å²) in [5, 5.41) is 17.6. The Labute approximate surface area is 67.6 Å². The second kappa shape index (κ2) is 5.49. The van der Waals surface area contributed by atoms with Gasteiger partial charge in [-0.3, -0.25) is 4.90 Å². The highest BCUT2D eigenvalue weighted by atomic mass is 16.3. The van der Waals surface area contributed by atoms with Crippen LogP contribution in [0.25, 0.3) is 0 Å². The molecular weight excluding hydrogens is 144 g/mol. The van der Waals surface area contributed by atoms with Gasteiger partial charge in [-0.15, -0.1) is 0 Å². The van der Waals surface area contributed by atoms with Crippen LogP contribution in [0.15, 0.2) is 0 Å². The topological polar surface area (TPSA) is 69.7 Å². The van der Waals surface area contributed by atoms with Crippen LogP contribution in [0.3, 0.4) is 0 Å². The average molecular weight is 162 g/mol. The first-order valence-electron chi connectivity index (χ1n) is 3.81. The van der Waals surface area contributed by atoms with Crippen LogP contribution in [0.2, 0.25) is 0 Å². The third-order valence-electron chi connectivity index (χ3n) is 1.80. The van der Waals surface area contributed by atoms with E-state index in [1.165, 1.54) is 0 Å². The van der Waals surface area contributed by atoms with Crippen molar-refractivity contribution in [3.05, 3.63) is 0 Å². The summed E-state index contributed by atoms with van der Waals surface area (Å²) < 4.78 is 0. The molecule has 0 radical (unpaired) electrons. The third-order valence-corrected chi connectivity index (χ3v) is 1.80. The number of hydrogen-bond donors (Lipinski definition) is 3. The van der Waals surface area contributed by atoms with E-state index in [9.17, 15) is 0 Å². The van der Waals surface area contributed by atoms with Gasteiger partial charge in [0.2, 0.25) is 0 Å². The highest BCUT2D eigenvalue weighted by Gasteiger charge is 2.10. The Morgan fingerprint density at radius 1 is 1.55 bits per heavy atom. The lowest BCUT2D eigenvalue weighted by Gasteiger charge is -2.24. The van der Waals surface area contributed by atoms with Crippen molar-refractivity contribution in [1.29, 1.82) is 0 Å². The first-order valence-corrected chi connectivity index (χ1v) is 3.81. The maximum Gasteiger partial charge on any atom is 0.0897 e. The number of likely N-dealkylation sites (N-methyl/N-ethyl adjacent to an activating group) is 1. The zero-order valence-corrected chi connectivity index (χ0v) is 7.20. The lowest BCUT2D eigenvalue weighted by molar-refractivity contribution is 0.0577. The minimum atomic E-state index is -0.658. The van der Waals surface area contributed by atoms with Gasteiger partial charge < -0.3 is 15.9 Å². The fraction of sp³-hybridized carbons (Fsp3) is 1.00. The Hall–Kier alpha value is -0.160. The quantitative estimate of drug-likeness (QED) is 0.466. The van der Waals surface area contributed by atoms with E-state index in [4.69, 9.17) is 15.9 Å². The van der Waals surface area contributed by atoms with Gasteiger partial charge in [-0.25, -0.2) is 0 Å². The van der Waals surface area contributed by atoms with E-state index >= 15 is 0 Å². The molecule has 0 rings (SSSR count). The molecule has 4 heteroatoms. The number of rotatable bonds is 5. The summed E-state index contributed by atoms with van der Waals surface area (Å²) in [7, 11) is 1.87. The van der Waals surface area contributed by atoms with Crippen molar-refractivity contribution in [1.82, 2.24) is 4.90 Å². The van der Waals surface area contributed by atoms with Crippen LogP contribution < -0.4 is 5.73 Å². The number of nitrogens with zero attached hydrogens (tertiary/aromatic N) is 1. The zero-order chi connectivity index (χ0) is 8.85. The monoisotopic (exact) mass is 162 g/mol. The van der Waals surface area contributed by atoms with Gasteiger partial charge in [-0.2, -0.15) is 0 Å². The minimum absolute atomic E-state index is 0.193. The first kappa shape index (κ1) is 10.8. The SMILES string of the molecule is CC(CN)N(C)CC(O)CO. The van der Waals surface area contributed by atoms with E-state index in [-0.39, 0.29) is 12.6 Å². The first-order chi connectivity index (χ1) is 5.11. The number of aliphatic hydroxyl groups is 2. The fourth-order valence-electron chi connectivity index (χ4n) is 0.750. The highest BCUT2D eigenvalue weighted by Crippen LogP contribution is 1.94. The molecule has 68 valence electrons. The highest BCUT2D eigenvalue weighted by molar-refractivity contribution is 4.67. The van der Waals surface area contributed by atoms with Crippen molar-refractivity contribution in [3.8, 4) is 0 Å². The Morgan fingerprint density at radius 2 is 2.09 bits per heavy atom. The van der Waals surface area contributed by atoms with Crippen LogP contribution in [0.1, 0.15) is 6.92 Å². The van der Waals surface area contributed by atoms with E-state index in [2.05, 4.69) is 0 Å². The van der Waals surface area contributed by atoms with Crippen molar-refractivity contribution in [2.45, 2.75) is 19.1 Å². The van der Waals surface area contributed by atoms with Crippen LogP contribution in [-0.2, 0) is 0 Å². The Bertz CT molecular complexity index is 100. The second-order valence-corrected chi connectivity index (χ2v) is 2.86. The summed E-state index contributed by atoms with van der Waals surface area (Å²) >= 11 is 0. The third kappa shape index (κ3) is 4.31. The minimum Gasteiger partial charge on any atom is -0.394 e. The zero-order valence-electron chi connectivity index (χ0n) is 7.20. The molecule has 0 aliphatic heterocycles. The largest absolute Gasteiger partial charge is 0.394 e. The lowest BCUT2D eigenvalue weighted by atomic mass is 10.2. The molecule has 0 fully saturated rings. The van der Waals surface area contributed by atoms with E-state index in [0.29, 0.717) is 13.1 Å². The summed E-state index contributed by atoms with van der Waals surface area (Å²) in [6.45, 7) is 2.81. The molecule has 0 heterocycles. The van der Waals surface area contributed by atoms with Crippen molar-refractivity contribution < 1.29 is 10.2 Å². The van der Waals surface area contributed by atoms with Gasteiger partial charge in [-0.05, 0) is 14.0 Å². The number of nitrogens with two attached hydrogens (primary N) is 1. The van der Waals surface area contributed by atoms with E-state index < -0.39 is 6.10 Å². The molecule has 0 bridgehead atoms. The summed E-state index contributed by atoms with van der Waals surface area (Å²) in [6.07, 6.45) is -0.658. The normalized spacial score (nSPS) is 16.9. The molecule has 2 unspecified atom stereocenters. The smallest absolute Gasteiger partial charge is 0.0897 e. The van der Waals surface area contributed by atoms with E-state index in [0.717, 1.165) is 0 Å². The molecule has 0 aliphatic carbocycles. The van der Waals surface area contributed by atoms with Gasteiger partial charge >= 0.3 is 0 Å². The van der Waals surface area contributed by atoms with Crippen molar-refractivity contribution >= 4 is 0 Å². The number of aliphatic hydroxyl groups excluding tert-OH is 2. The lowest BCUT2D eigenvalue weighted by Crippen LogP contribution is -2.40. The maximum atomic E-state index is 9.04. The summed E-state index contributed by atoms with van der Waals surface area (Å²) in [4.78, 5) is 1.92. The molecule has 0 aromatic heterocycles. The van der Waals surface area contributed by atoms with Crippen LogP contribution >= 0.6 is 0 Å². The van der Waals surface area contributed by atoms with Crippen molar-refractivity contribution in [3.63, 3.8) is 0 Å². The second-order valence-electron chi connectivity index (χ2n) is 2.86. The van der Waals surface area contributed by atoms with Gasteiger partial charge in [0.05, 0.1) is 12.7 Å². The van der Waals surface area contributed by atoms with Crippen LogP contribution in [-0.4, -0.2) is 54.0 Å². The molecule has 0 amide bonds. The van der Waals surface area contributed by atoms with Crippen LogP contribution in [0, 0.1) is 0 Å². The van der Waals surface area contributed by atoms with Crippen LogP contribution in [0.4, 0.5) is 0 Å². The van der Waals surface area contributed by atoms with Gasteiger partial charge in [0, 0.05) is 19.1 Å². The molecule has 0 saturated heterocycles.